The quantitative estimate of drug-likeness (QED) is 0.628. The molecule has 0 spiro atoms. The second-order valence-electron chi connectivity index (χ2n) is 4.94. The molecule has 0 saturated carbocycles. The average Bonchev–Trinajstić information content (AvgIpc) is 2.23. The van der Waals surface area contributed by atoms with E-state index in [9.17, 15) is 18.0 Å². The number of hydrogen-bond acceptors (Lipinski definition) is 6. The van der Waals surface area contributed by atoms with Crippen LogP contribution in [0.4, 0.5) is 0 Å². The van der Waals surface area contributed by atoms with Crippen LogP contribution in [-0.2, 0) is 29.3 Å². The van der Waals surface area contributed by atoms with E-state index in [-0.39, 0.29) is 0 Å². The maximum atomic E-state index is 11.9. The fourth-order valence-electron chi connectivity index (χ4n) is 1.29. The molecule has 0 bridgehead atoms. The van der Waals surface area contributed by atoms with Crippen molar-refractivity contribution in [2.24, 2.45) is 0 Å². The van der Waals surface area contributed by atoms with E-state index in [1.807, 2.05) is 0 Å². The lowest BCUT2D eigenvalue weighted by molar-refractivity contribution is -0.146. The third-order valence-corrected chi connectivity index (χ3v) is 3.73. The highest BCUT2D eigenvalue weighted by molar-refractivity contribution is 7.87. The normalized spacial score (nSPS) is 12.9. The molecule has 0 aliphatic carbocycles. The first-order valence-corrected chi connectivity index (χ1v) is 6.86. The van der Waals surface area contributed by atoms with E-state index in [1.165, 1.54) is 27.7 Å². The smallest absolute Gasteiger partial charge is 0.326 e. The average molecular weight is 296 g/mol. The predicted octanol–water partition coefficient (Wildman–Crippen LogP) is -0.686. The summed E-state index contributed by atoms with van der Waals surface area (Å²) in [6.07, 6.45) is 0. The van der Waals surface area contributed by atoms with Gasteiger partial charge in [0, 0.05) is 0 Å². The van der Waals surface area contributed by atoms with Gasteiger partial charge in [0.1, 0.15) is 11.1 Å². The molecule has 9 heteroatoms. The molecule has 0 aromatic carbocycles. The summed E-state index contributed by atoms with van der Waals surface area (Å²) in [6, 6.07) is 0. The Morgan fingerprint density at radius 1 is 0.842 bits per heavy atom. The van der Waals surface area contributed by atoms with Gasteiger partial charge in [-0.15, -0.1) is 0 Å². The van der Waals surface area contributed by atoms with Gasteiger partial charge >= 0.3 is 11.9 Å². The monoisotopic (exact) mass is 296 g/mol. The molecule has 0 rings (SSSR count). The largest absolute Gasteiger partial charge is 0.468 e. The Hall–Kier alpha value is -1.19. The highest BCUT2D eigenvalue weighted by Crippen LogP contribution is 2.10. The molecule has 19 heavy (non-hydrogen) atoms. The lowest BCUT2D eigenvalue weighted by Gasteiger charge is -2.27. The van der Waals surface area contributed by atoms with Crippen LogP contribution in [0, 0.1) is 0 Å². The van der Waals surface area contributed by atoms with Crippen LogP contribution in [0.3, 0.4) is 0 Å². The first kappa shape index (κ1) is 17.8. The second kappa shape index (κ2) is 5.85. The van der Waals surface area contributed by atoms with Crippen molar-refractivity contribution in [2.45, 2.75) is 38.8 Å². The minimum absolute atomic E-state index is 0.756. The maximum absolute atomic E-state index is 11.9. The molecule has 112 valence electrons. The summed E-state index contributed by atoms with van der Waals surface area (Å²) < 4.78 is 36.9. The van der Waals surface area contributed by atoms with Gasteiger partial charge in [0.25, 0.3) is 10.2 Å². The van der Waals surface area contributed by atoms with E-state index in [0.29, 0.717) is 0 Å². The van der Waals surface area contributed by atoms with E-state index >= 15 is 0 Å². The zero-order valence-corrected chi connectivity index (χ0v) is 12.7. The molecule has 0 aromatic heterocycles. The number of esters is 2. The Kier molecular flexibility index (Phi) is 5.48. The number of carbonyl (C=O) groups excluding carboxylic acids is 2. The molecule has 0 saturated heterocycles. The first-order chi connectivity index (χ1) is 8.38. The van der Waals surface area contributed by atoms with Crippen molar-refractivity contribution >= 4 is 22.1 Å². The standard InChI is InChI=1S/C10H20N2O6S/c1-9(2,7(13)17-5)11-19(15,16)12-10(3,4)8(14)18-6/h11-12H,1-6H3. The van der Waals surface area contributed by atoms with Gasteiger partial charge in [0.15, 0.2) is 0 Å². The molecule has 2 N–H and O–H groups in total. The van der Waals surface area contributed by atoms with E-state index in [1.54, 1.807) is 0 Å². The summed E-state index contributed by atoms with van der Waals surface area (Å²) in [5, 5.41) is 0. The number of hydrogen-bond donors (Lipinski definition) is 2. The summed E-state index contributed by atoms with van der Waals surface area (Å²) in [4.78, 5) is 22.8. The Bertz CT molecular complexity index is 419. The Balaban J connectivity index is 5.03. The lowest BCUT2D eigenvalue weighted by Crippen LogP contribution is -2.59. The third kappa shape index (κ3) is 5.13. The molecular weight excluding hydrogens is 276 g/mol. The van der Waals surface area contributed by atoms with Crippen LogP contribution < -0.4 is 9.44 Å². The molecule has 0 atom stereocenters. The molecule has 0 amide bonds. The van der Waals surface area contributed by atoms with Gasteiger partial charge in [0.05, 0.1) is 14.2 Å². The van der Waals surface area contributed by atoms with E-state index < -0.39 is 33.2 Å². The number of carbonyl (C=O) groups is 2. The minimum atomic E-state index is -4.11. The third-order valence-electron chi connectivity index (χ3n) is 2.17. The minimum Gasteiger partial charge on any atom is -0.468 e. The van der Waals surface area contributed by atoms with E-state index in [2.05, 4.69) is 18.9 Å². The van der Waals surface area contributed by atoms with Gasteiger partial charge in [0.2, 0.25) is 0 Å². The summed E-state index contributed by atoms with van der Waals surface area (Å²) in [5.74, 6) is -1.51. The molecule has 0 unspecified atom stereocenters. The van der Waals surface area contributed by atoms with Crippen LogP contribution in [-0.4, -0.2) is 45.7 Å². The van der Waals surface area contributed by atoms with E-state index in [4.69, 9.17) is 0 Å². The number of rotatable bonds is 6. The van der Waals surface area contributed by atoms with Crippen LogP contribution in [0.1, 0.15) is 27.7 Å². The molecule has 0 aliphatic rings. The van der Waals surface area contributed by atoms with E-state index in [0.717, 1.165) is 14.2 Å². The van der Waals surface area contributed by atoms with Gasteiger partial charge in [-0.25, -0.2) is 0 Å². The van der Waals surface area contributed by atoms with Crippen molar-refractivity contribution in [3.8, 4) is 0 Å². The number of methoxy groups -OCH3 is 2. The van der Waals surface area contributed by atoms with Gasteiger partial charge < -0.3 is 9.47 Å². The molecule has 0 heterocycles. The first-order valence-electron chi connectivity index (χ1n) is 5.37. The van der Waals surface area contributed by atoms with Crippen molar-refractivity contribution in [3.05, 3.63) is 0 Å². The molecular formula is C10H20N2O6S. The molecule has 0 aliphatic heterocycles. The van der Waals surface area contributed by atoms with Gasteiger partial charge in [-0.2, -0.15) is 17.9 Å². The van der Waals surface area contributed by atoms with Crippen molar-refractivity contribution in [3.63, 3.8) is 0 Å². The van der Waals surface area contributed by atoms with Crippen molar-refractivity contribution < 1.29 is 27.5 Å². The zero-order chi connectivity index (χ0) is 15.5. The fraction of sp³-hybridized carbons (Fsp3) is 0.800. The summed E-state index contributed by atoms with van der Waals surface area (Å²) in [7, 11) is -1.82. The van der Waals surface area contributed by atoms with Crippen LogP contribution in [0.15, 0.2) is 0 Å². The van der Waals surface area contributed by atoms with Crippen molar-refractivity contribution in [2.75, 3.05) is 14.2 Å². The Morgan fingerprint density at radius 2 is 1.11 bits per heavy atom. The van der Waals surface area contributed by atoms with Crippen LogP contribution in [0.5, 0.6) is 0 Å². The molecule has 0 fully saturated rings. The number of ether oxygens (including phenoxy) is 2. The maximum Gasteiger partial charge on any atom is 0.326 e. The van der Waals surface area contributed by atoms with Gasteiger partial charge in [-0.3, -0.25) is 9.59 Å². The molecule has 0 aromatic rings. The zero-order valence-electron chi connectivity index (χ0n) is 11.9. The van der Waals surface area contributed by atoms with Crippen LogP contribution in [0.2, 0.25) is 0 Å². The SMILES string of the molecule is COC(=O)C(C)(C)NS(=O)(=O)NC(C)(C)C(=O)OC. The predicted molar refractivity (Wildman–Crippen MR) is 67.4 cm³/mol. The number of nitrogens with one attached hydrogen (secondary N) is 2. The van der Waals surface area contributed by atoms with Crippen molar-refractivity contribution in [1.82, 2.24) is 9.44 Å². The summed E-state index contributed by atoms with van der Waals surface area (Å²) in [5.41, 5.74) is -2.93. The molecule has 8 nitrogen and oxygen atoms in total. The highest BCUT2D eigenvalue weighted by atomic mass is 32.2. The van der Waals surface area contributed by atoms with Crippen LogP contribution >= 0.6 is 0 Å². The summed E-state index contributed by atoms with van der Waals surface area (Å²) >= 11 is 0. The van der Waals surface area contributed by atoms with Gasteiger partial charge in [-0.1, -0.05) is 0 Å². The van der Waals surface area contributed by atoms with Crippen molar-refractivity contribution in [1.29, 1.82) is 0 Å². The lowest BCUT2D eigenvalue weighted by atomic mass is 10.1. The highest BCUT2D eigenvalue weighted by Gasteiger charge is 2.38. The Labute approximate surface area is 113 Å². The molecule has 0 radical (unpaired) electrons. The topological polar surface area (TPSA) is 111 Å². The Morgan fingerprint density at radius 3 is 1.32 bits per heavy atom. The van der Waals surface area contributed by atoms with Gasteiger partial charge in [-0.05, 0) is 27.7 Å². The van der Waals surface area contributed by atoms with Crippen LogP contribution in [0.25, 0.3) is 0 Å². The fourth-order valence-corrected chi connectivity index (χ4v) is 2.85. The summed E-state index contributed by atoms with van der Waals surface area (Å²) in [6.45, 7) is 5.35. The second-order valence-corrected chi connectivity index (χ2v) is 6.36.